The van der Waals surface area contributed by atoms with Crippen LogP contribution in [0.5, 0.6) is 0 Å². The van der Waals surface area contributed by atoms with Gasteiger partial charge in [0.15, 0.2) is 0 Å². The second kappa shape index (κ2) is 7.74. The molecule has 33 heavy (non-hydrogen) atoms. The van der Waals surface area contributed by atoms with Crippen LogP contribution in [0.3, 0.4) is 0 Å². The normalized spacial score (nSPS) is 24.1. The molecule has 1 aliphatic carbocycles. The van der Waals surface area contributed by atoms with E-state index in [-0.39, 0.29) is 16.7 Å². The molecule has 3 aromatic rings. The fourth-order valence-electron chi connectivity index (χ4n) is 4.09. The number of carbonyl (C=O) groups is 1. The summed E-state index contributed by atoms with van der Waals surface area (Å²) in [6.45, 7) is 4.11. The van der Waals surface area contributed by atoms with E-state index in [4.69, 9.17) is 10.1 Å². The molecule has 1 saturated carbocycles. The van der Waals surface area contributed by atoms with Crippen LogP contribution >= 0.6 is 34.9 Å². The Hall–Kier alpha value is -2.04. The highest BCUT2D eigenvalue weighted by Crippen LogP contribution is 2.66. The molecule has 10 heteroatoms. The van der Waals surface area contributed by atoms with Gasteiger partial charge in [-0.05, 0) is 50.1 Å². The lowest BCUT2D eigenvalue weighted by atomic mass is 10.1. The predicted octanol–water partition coefficient (Wildman–Crippen LogP) is 6.44. The molecule has 2 unspecified atom stereocenters. The summed E-state index contributed by atoms with van der Waals surface area (Å²) >= 11 is 4.79. The molecule has 0 radical (unpaired) electrons. The summed E-state index contributed by atoms with van der Waals surface area (Å²) in [6, 6.07) is 9.31. The SMILES string of the molecule is Cc1cc(SCC23CC2(C)N=C(c2ccc(C(F)(F)F)cc2)S3)cc2nc(CC(=O)O)sc12. The minimum Gasteiger partial charge on any atom is -0.481 e. The zero-order valence-corrected chi connectivity index (χ0v) is 20.1. The third-order valence-electron chi connectivity index (χ3n) is 6.05. The zero-order chi connectivity index (χ0) is 23.6. The molecule has 2 aliphatic rings. The third kappa shape index (κ3) is 4.17. The Morgan fingerprint density at radius 2 is 1.97 bits per heavy atom. The quantitative estimate of drug-likeness (QED) is 0.389. The first-order valence-electron chi connectivity index (χ1n) is 10.2. The van der Waals surface area contributed by atoms with Crippen molar-refractivity contribution in [2.24, 2.45) is 4.99 Å². The number of aromatic nitrogens is 1. The highest BCUT2D eigenvalue weighted by molar-refractivity contribution is 8.17. The molecule has 0 spiro atoms. The zero-order valence-electron chi connectivity index (χ0n) is 17.7. The van der Waals surface area contributed by atoms with E-state index in [1.807, 2.05) is 13.0 Å². The smallest absolute Gasteiger partial charge is 0.416 e. The Labute approximate surface area is 200 Å². The average Bonchev–Trinajstić information content (AvgIpc) is 2.98. The van der Waals surface area contributed by atoms with Crippen LogP contribution in [-0.4, -0.2) is 37.1 Å². The van der Waals surface area contributed by atoms with Crippen molar-refractivity contribution in [2.45, 2.75) is 48.0 Å². The lowest BCUT2D eigenvalue weighted by Crippen LogP contribution is -2.16. The molecule has 0 bridgehead atoms. The number of rotatable bonds is 6. The van der Waals surface area contributed by atoms with Gasteiger partial charge in [0.05, 0.1) is 37.5 Å². The first-order valence-corrected chi connectivity index (χ1v) is 12.8. The number of hydrogen-bond acceptors (Lipinski definition) is 6. The lowest BCUT2D eigenvalue weighted by molar-refractivity contribution is -0.138. The van der Waals surface area contributed by atoms with Gasteiger partial charge in [-0.2, -0.15) is 13.2 Å². The van der Waals surface area contributed by atoms with Crippen LogP contribution in [0.25, 0.3) is 10.2 Å². The van der Waals surface area contributed by atoms with E-state index in [1.54, 1.807) is 23.5 Å². The fraction of sp³-hybridized carbons (Fsp3) is 0.348. The number of aliphatic imine (C=N–C) groups is 1. The van der Waals surface area contributed by atoms with Gasteiger partial charge in [0.1, 0.15) is 5.01 Å². The molecule has 1 fully saturated rings. The highest BCUT2D eigenvalue weighted by atomic mass is 32.2. The van der Waals surface area contributed by atoms with Gasteiger partial charge in [-0.15, -0.1) is 23.1 Å². The lowest BCUT2D eigenvalue weighted by Gasteiger charge is -2.14. The topological polar surface area (TPSA) is 62.5 Å². The van der Waals surface area contributed by atoms with Crippen molar-refractivity contribution in [1.82, 2.24) is 4.98 Å². The minimum absolute atomic E-state index is 0.0743. The van der Waals surface area contributed by atoms with Gasteiger partial charge in [-0.1, -0.05) is 23.9 Å². The van der Waals surface area contributed by atoms with E-state index in [2.05, 4.69) is 18.0 Å². The summed E-state index contributed by atoms with van der Waals surface area (Å²) < 4.78 is 39.5. The summed E-state index contributed by atoms with van der Waals surface area (Å²) in [5.74, 6) is -0.0747. The van der Waals surface area contributed by atoms with Crippen molar-refractivity contribution in [3.63, 3.8) is 0 Å². The van der Waals surface area contributed by atoms with Crippen LogP contribution in [0.4, 0.5) is 13.2 Å². The number of nitrogens with zero attached hydrogens (tertiary/aromatic N) is 2. The number of carboxylic acid groups (broad SMARTS) is 1. The van der Waals surface area contributed by atoms with Gasteiger partial charge in [-0.3, -0.25) is 9.79 Å². The van der Waals surface area contributed by atoms with Crippen LogP contribution in [0.1, 0.15) is 35.0 Å². The van der Waals surface area contributed by atoms with Crippen molar-refractivity contribution in [3.05, 3.63) is 58.1 Å². The first kappa shape index (κ1) is 22.7. The number of carboxylic acids is 1. The first-order chi connectivity index (χ1) is 15.5. The van der Waals surface area contributed by atoms with E-state index in [0.29, 0.717) is 5.01 Å². The Bertz CT molecular complexity index is 1300. The number of hydrogen-bond donors (Lipinski definition) is 1. The maximum absolute atomic E-state index is 12.9. The standard InChI is InChI=1S/C23H19F3N2O2S3/c1-12-7-15(8-16-19(12)32-17(27-16)9-18(29)30)31-11-22-10-21(22,2)28-20(33-22)13-3-5-14(6-4-13)23(24,25)26/h3-8H,9-11H2,1-2H3,(H,29,30). The van der Waals surface area contributed by atoms with Gasteiger partial charge in [0, 0.05) is 16.2 Å². The molecule has 172 valence electrons. The Balaban J connectivity index is 1.30. The van der Waals surface area contributed by atoms with Crippen LogP contribution in [-0.2, 0) is 17.4 Å². The van der Waals surface area contributed by atoms with Crippen molar-refractivity contribution in [2.75, 3.05) is 5.75 Å². The molecule has 0 amide bonds. The molecule has 2 heterocycles. The highest BCUT2D eigenvalue weighted by Gasteiger charge is 2.69. The molecule has 2 aromatic carbocycles. The monoisotopic (exact) mass is 508 g/mol. The van der Waals surface area contributed by atoms with Gasteiger partial charge in [-0.25, -0.2) is 4.98 Å². The summed E-state index contributed by atoms with van der Waals surface area (Å²) in [6.07, 6.45) is -3.49. The Morgan fingerprint density at radius 3 is 2.64 bits per heavy atom. The van der Waals surface area contributed by atoms with Crippen LogP contribution in [0.2, 0.25) is 0 Å². The fourth-order valence-corrected chi connectivity index (χ4v) is 8.27. The molecular formula is C23H19F3N2O2S3. The summed E-state index contributed by atoms with van der Waals surface area (Å²) in [5, 5.41) is 10.4. The number of thiazole rings is 1. The van der Waals surface area contributed by atoms with E-state index < -0.39 is 17.7 Å². The van der Waals surface area contributed by atoms with Crippen molar-refractivity contribution >= 4 is 56.1 Å². The van der Waals surface area contributed by atoms with E-state index in [0.717, 1.165) is 55.6 Å². The third-order valence-corrected chi connectivity index (χ3v) is 10.3. The second-order valence-electron chi connectivity index (χ2n) is 8.59. The minimum atomic E-state index is -4.35. The van der Waals surface area contributed by atoms with Gasteiger partial charge >= 0.3 is 12.1 Å². The average molecular weight is 509 g/mol. The summed E-state index contributed by atoms with van der Waals surface area (Å²) in [7, 11) is 0. The maximum atomic E-state index is 12.9. The van der Waals surface area contributed by atoms with E-state index >= 15 is 0 Å². The molecule has 0 saturated heterocycles. The number of halogens is 3. The Kier molecular flexibility index (Phi) is 5.34. The molecule has 1 aromatic heterocycles. The molecule has 4 nitrogen and oxygen atoms in total. The van der Waals surface area contributed by atoms with Crippen LogP contribution in [0, 0.1) is 6.92 Å². The van der Waals surface area contributed by atoms with Gasteiger partial charge in [0.2, 0.25) is 0 Å². The van der Waals surface area contributed by atoms with Crippen LogP contribution in [0.15, 0.2) is 46.3 Å². The van der Waals surface area contributed by atoms with E-state index in [1.165, 1.54) is 23.5 Å². The largest absolute Gasteiger partial charge is 0.481 e. The van der Waals surface area contributed by atoms with E-state index in [9.17, 15) is 18.0 Å². The molecule has 2 atom stereocenters. The molecular weight excluding hydrogens is 489 g/mol. The molecule has 1 N–H and O–H groups in total. The van der Waals surface area contributed by atoms with Gasteiger partial charge in [0.25, 0.3) is 0 Å². The number of fused-ring (bicyclic) bond motifs is 2. The van der Waals surface area contributed by atoms with Crippen LogP contribution < -0.4 is 0 Å². The van der Waals surface area contributed by atoms with Gasteiger partial charge < -0.3 is 5.11 Å². The number of benzene rings is 2. The number of alkyl halides is 3. The van der Waals surface area contributed by atoms with Crippen molar-refractivity contribution in [3.8, 4) is 0 Å². The molecule has 1 aliphatic heterocycles. The number of aryl methyl sites for hydroxylation is 1. The predicted molar refractivity (Wildman–Crippen MR) is 128 cm³/mol. The van der Waals surface area contributed by atoms with Crippen molar-refractivity contribution < 1.29 is 23.1 Å². The maximum Gasteiger partial charge on any atom is 0.416 e. The number of thioether (sulfide) groups is 2. The molecule has 5 rings (SSSR count). The van der Waals surface area contributed by atoms with Crippen molar-refractivity contribution in [1.29, 1.82) is 0 Å². The summed E-state index contributed by atoms with van der Waals surface area (Å²) in [4.78, 5) is 21.4. The Morgan fingerprint density at radius 1 is 1.24 bits per heavy atom. The number of aliphatic carboxylic acids is 1. The second-order valence-corrected chi connectivity index (χ2v) is 12.1. The summed E-state index contributed by atoms with van der Waals surface area (Å²) in [5.41, 5.74) is 1.74.